The molecule has 0 fully saturated rings. The summed E-state index contributed by atoms with van der Waals surface area (Å²) in [5.74, 6) is 0. The Morgan fingerprint density at radius 2 is 1.21 bits per heavy atom. The zero-order valence-electron chi connectivity index (χ0n) is 9.38. The van der Waals surface area contributed by atoms with Gasteiger partial charge < -0.3 is 0 Å². The minimum Gasteiger partial charge on any atom is -0.171 e. The average Bonchev–Trinajstić information content (AvgIpc) is 2.01. The van der Waals surface area contributed by atoms with Crippen molar-refractivity contribution in [3.63, 3.8) is 0 Å². The lowest BCUT2D eigenvalue weighted by Crippen LogP contribution is -2.20. The molecule has 0 atom stereocenters. The molecule has 0 aromatic rings. The second kappa shape index (κ2) is 5.62. The van der Waals surface area contributed by atoms with Crippen LogP contribution in [-0.4, -0.2) is 6.18 Å². The van der Waals surface area contributed by atoms with Gasteiger partial charge in [-0.05, 0) is 24.7 Å². The third-order valence-corrected chi connectivity index (χ3v) is 2.72. The van der Waals surface area contributed by atoms with Gasteiger partial charge in [0.25, 0.3) is 0 Å². The molecule has 0 nitrogen and oxygen atoms in total. The normalized spacial score (nSPS) is 13.3. The highest BCUT2D eigenvalue weighted by molar-refractivity contribution is 4.74. The van der Waals surface area contributed by atoms with Crippen LogP contribution >= 0.6 is 0 Å². The van der Waals surface area contributed by atoms with Crippen molar-refractivity contribution in [2.24, 2.45) is 5.41 Å². The first-order valence-electron chi connectivity index (χ1n) is 5.40. The van der Waals surface area contributed by atoms with E-state index in [1.807, 2.05) is 20.8 Å². The van der Waals surface area contributed by atoms with Gasteiger partial charge in [0, 0.05) is 6.42 Å². The van der Waals surface area contributed by atoms with Crippen molar-refractivity contribution in [3.8, 4) is 0 Å². The molecule has 0 spiro atoms. The third kappa shape index (κ3) is 6.28. The molecule has 0 aliphatic rings. The maximum atomic E-state index is 12.1. The van der Waals surface area contributed by atoms with Gasteiger partial charge in [0.1, 0.15) is 0 Å². The van der Waals surface area contributed by atoms with Gasteiger partial charge >= 0.3 is 6.18 Å². The van der Waals surface area contributed by atoms with E-state index in [9.17, 15) is 13.2 Å². The Bertz CT molecular complexity index is 143. The first kappa shape index (κ1) is 13.8. The highest BCUT2D eigenvalue weighted by Gasteiger charge is 2.32. The van der Waals surface area contributed by atoms with Gasteiger partial charge in [-0.15, -0.1) is 0 Å². The van der Waals surface area contributed by atoms with Crippen molar-refractivity contribution in [2.45, 2.75) is 65.5 Å². The Kier molecular flexibility index (Phi) is 5.53. The average molecular weight is 210 g/mol. The number of alkyl halides is 3. The fraction of sp³-hybridized carbons (Fsp3) is 1.00. The summed E-state index contributed by atoms with van der Waals surface area (Å²) in [6.45, 7) is 6.04. The third-order valence-electron chi connectivity index (χ3n) is 2.72. The number of hydrogen-bond acceptors (Lipinski definition) is 0. The maximum absolute atomic E-state index is 12.1. The summed E-state index contributed by atoms with van der Waals surface area (Å²) < 4.78 is 36.2. The fourth-order valence-corrected chi connectivity index (χ4v) is 2.03. The monoisotopic (exact) mass is 210 g/mol. The van der Waals surface area contributed by atoms with E-state index in [0.717, 1.165) is 25.7 Å². The van der Waals surface area contributed by atoms with Gasteiger partial charge in [0.05, 0.1) is 0 Å². The highest BCUT2D eigenvalue weighted by atomic mass is 19.4. The van der Waals surface area contributed by atoms with Crippen LogP contribution in [0.5, 0.6) is 0 Å². The summed E-state index contributed by atoms with van der Waals surface area (Å²) in [6, 6.07) is 0. The Hall–Kier alpha value is -0.210. The zero-order chi connectivity index (χ0) is 11.2. The maximum Gasteiger partial charge on any atom is 0.389 e. The zero-order valence-corrected chi connectivity index (χ0v) is 9.38. The fourth-order valence-electron chi connectivity index (χ4n) is 2.03. The Labute approximate surface area is 84.9 Å². The van der Waals surface area contributed by atoms with Gasteiger partial charge in [0.15, 0.2) is 0 Å². The molecule has 0 saturated carbocycles. The molecule has 0 unspecified atom stereocenters. The van der Waals surface area contributed by atoms with E-state index in [1.165, 1.54) is 0 Å². The van der Waals surface area contributed by atoms with Gasteiger partial charge in [-0.3, -0.25) is 0 Å². The van der Waals surface area contributed by atoms with Gasteiger partial charge in [0.2, 0.25) is 0 Å². The molecule has 14 heavy (non-hydrogen) atoms. The molecule has 0 radical (unpaired) electrons. The number of rotatable bonds is 6. The lowest BCUT2D eigenvalue weighted by Gasteiger charge is -2.29. The van der Waals surface area contributed by atoms with Gasteiger partial charge in [-0.1, -0.05) is 33.6 Å². The molecule has 0 aliphatic carbocycles. The Morgan fingerprint density at radius 1 is 0.786 bits per heavy atom. The standard InChI is InChI=1S/C11H21F3/c1-4-6-10(3,7-5-2)8-9-11(12,13)14/h4-9H2,1-3H3. The number of hydrogen-bond donors (Lipinski definition) is 0. The van der Waals surface area contributed by atoms with E-state index in [2.05, 4.69) is 0 Å². The van der Waals surface area contributed by atoms with E-state index in [1.54, 1.807) is 0 Å². The summed E-state index contributed by atoms with van der Waals surface area (Å²) in [4.78, 5) is 0. The van der Waals surface area contributed by atoms with Gasteiger partial charge in [-0.2, -0.15) is 13.2 Å². The van der Waals surface area contributed by atoms with Crippen molar-refractivity contribution < 1.29 is 13.2 Å². The molecule has 0 heterocycles. The molecule has 0 aromatic heterocycles. The smallest absolute Gasteiger partial charge is 0.171 e. The van der Waals surface area contributed by atoms with Crippen LogP contribution in [0, 0.1) is 5.41 Å². The predicted octanol–water partition coefficient (Wildman–Crippen LogP) is 4.94. The van der Waals surface area contributed by atoms with Crippen molar-refractivity contribution in [1.82, 2.24) is 0 Å². The molecule has 86 valence electrons. The van der Waals surface area contributed by atoms with Crippen LogP contribution in [0.1, 0.15) is 59.3 Å². The minimum atomic E-state index is -4.00. The van der Waals surface area contributed by atoms with Crippen LogP contribution in [0.25, 0.3) is 0 Å². The predicted molar refractivity (Wildman–Crippen MR) is 53.2 cm³/mol. The van der Waals surface area contributed by atoms with E-state index < -0.39 is 12.6 Å². The van der Waals surface area contributed by atoms with E-state index >= 15 is 0 Å². The van der Waals surface area contributed by atoms with Crippen LogP contribution < -0.4 is 0 Å². The van der Waals surface area contributed by atoms with Crippen LogP contribution in [0.3, 0.4) is 0 Å². The molecule has 0 bridgehead atoms. The summed E-state index contributed by atoms with van der Waals surface area (Å²) in [6.07, 6.45) is -0.624. The molecule has 0 saturated heterocycles. The SMILES string of the molecule is CCCC(C)(CCC)CCC(F)(F)F. The molecule has 3 heteroatoms. The van der Waals surface area contributed by atoms with Crippen molar-refractivity contribution >= 4 is 0 Å². The Balaban J connectivity index is 4.08. The molecular formula is C11H21F3. The number of halogens is 3. The molecule has 0 amide bonds. The first-order valence-corrected chi connectivity index (χ1v) is 5.40. The molecule has 0 rings (SSSR count). The van der Waals surface area contributed by atoms with Crippen LogP contribution in [0.4, 0.5) is 13.2 Å². The van der Waals surface area contributed by atoms with Crippen molar-refractivity contribution in [2.75, 3.05) is 0 Å². The summed E-state index contributed by atoms with van der Waals surface area (Å²) in [7, 11) is 0. The van der Waals surface area contributed by atoms with Crippen LogP contribution in [0.15, 0.2) is 0 Å². The summed E-state index contributed by atoms with van der Waals surface area (Å²) in [5.41, 5.74) is -0.112. The quantitative estimate of drug-likeness (QED) is 0.582. The van der Waals surface area contributed by atoms with E-state index in [4.69, 9.17) is 0 Å². The second-order valence-electron chi connectivity index (χ2n) is 4.43. The van der Waals surface area contributed by atoms with Crippen LogP contribution in [0.2, 0.25) is 0 Å². The lowest BCUT2D eigenvalue weighted by molar-refractivity contribution is -0.141. The van der Waals surface area contributed by atoms with Crippen molar-refractivity contribution in [3.05, 3.63) is 0 Å². The first-order chi connectivity index (χ1) is 6.33. The van der Waals surface area contributed by atoms with Crippen molar-refractivity contribution in [1.29, 1.82) is 0 Å². The summed E-state index contributed by atoms with van der Waals surface area (Å²) in [5, 5.41) is 0. The molecular weight excluding hydrogens is 189 g/mol. The topological polar surface area (TPSA) is 0 Å². The molecule has 0 aliphatic heterocycles. The van der Waals surface area contributed by atoms with Crippen LogP contribution in [-0.2, 0) is 0 Å². The largest absolute Gasteiger partial charge is 0.389 e. The minimum absolute atomic E-state index is 0.112. The Morgan fingerprint density at radius 3 is 1.50 bits per heavy atom. The second-order valence-corrected chi connectivity index (χ2v) is 4.43. The lowest BCUT2D eigenvalue weighted by atomic mass is 9.77. The van der Waals surface area contributed by atoms with E-state index in [0.29, 0.717) is 0 Å². The van der Waals surface area contributed by atoms with E-state index in [-0.39, 0.29) is 11.8 Å². The molecule has 0 aromatic carbocycles. The highest BCUT2D eigenvalue weighted by Crippen LogP contribution is 2.37. The summed E-state index contributed by atoms with van der Waals surface area (Å²) >= 11 is 0. The molecule has 0 N–H and O–H groups in total. The van der Waals surface area contributed by atoms with Gasteiger partial charge in [-0.25, -0.2) is 0 Å².